The van der Waals surface area contributed by atoms with Gasteiger partial charge in [0.25, 0.3) is 5.69 Å². The third-order valence-corrected chi connectivity index (χ3v) is 3.86. The van der Waals surface area contributed by atoms with Gasteiger partial charge in [-0.2, -0.15) is 0 Å². The van der Waals surface area contributed by atoms with Gasteiger partial charge in [-0.1, -0.05) is 25.0 Å². The molecular formula is C16H24N4O3. The third kappa shape index (κ3) is 5.86. The zero-order valence-corrected chi connectivity index (χ0v) is 13.5. The van der Waals surface area contributed by atoms with E-state index in [2.05, 4.69) is 15.6 Å². The lowest BCUT2D eigenvalue weighted by atomic mass is 10.2. The van der Waals surface area contributed by atoms with Crippen LogP contribution >= 0.6 is 0 Å². The zero-order valence-electron chi connectivity index (χ0n) is 13.5. The van der Waals surface area contributed by atoms with Crippen LogP contribution in [0.1, 0.15) is 31.2 Å². The van der Waals surface area contributed by atoms with E-state index in [-0.39, 0.29) is 5.69 Å². The van der Waals surface area contributed by atoms with E-state index in [1.54, 1.807) is 19.2 Å². The van der Waals surface area contributed by atoms with Gasteiger partial charge in [0.2, 0.25) is 0 Å². The molecule has 2 rings (SSSR count). The molecule has 1 aromatic rings. The molecule has 1 saturated carbocycles. The van der Waals surface area contributed by atoms with Crippen LogP contribution in [-0.4, -0.2) is 37.2 Å². The molecule has 1 aromatic carbocycles. The summed E-state index contributed by atoms with van der Waals surface area (Å²) >= 11 is 0. The number of ether oxygens (including phenoxy) is 1. The van der Waals surface area contributed by atoms with Crippen molar-refractivity contribution in [1.82, 2.24) is 10.6 Å². The van der Waals surface area contributed by atoms with Gasteiger partial charge < -0.3 is 15.4 Å². The van der Waals surface area contributed by atoms with Crippen molar-refractivity contribution in [2.75, 3.05) is 20.3 Å². The second kappa shape index (κ2) is 9.09. The molecule has 126 valence electrons. The van der Waals surface area contributed by atoms with Gasteiger partial charge in [0, 0.05) is 31.8 Å². The van der Waals surface area contributed by atoms with Crippen LogP contribution in [-0.2, 0) is 11.3 Å². The molecule has 2 N–H and O–H groups in total. The predicted octanol–water partition coefficient (Wildman–Crippen LogP) is 2.22. The lowest BCUT2D eigenvalue weighted by Gasteiger charge is -2.17. The predicted molar refractivity (Wildman–Crippen MR) is 89.5 cm³/mol. The number of non-ortho nitro benzene ring substituents is 1. The summed E-state index contributed by atoms with van der Waals surface area (Å²) in [6, 6.07) is 6.97. The summed E-state index contributed by atoms with van der Waals surface area (Å²) in [6.45, 7) is 1.78. The maximum absolute atomic E-state index is 10.7. The van der Waals surface area contributed by atoms with Gasteiger partial charge in [0.05, 0.1) is 18.1 Å². The summed E-state index contributed by atoms with van der Waals surface area (Å²) in [5.74, 6) is 0.771. The fraction of sp³-hybridized carbons (Fsp3) is 0.562. The van der Waals surface area contributed by atoms with Crippen LogP contribution < -0.4 is 10.6 Å². The summed E-state index contributed by atoms with van der Waals surface area (Å²) in [6.07, 6.45) is 4.85. The minimum Gasteiger partial charge on any atom is -0.383 e. The summed E-state index contributed by atoms with van der Waals surface area (Å²) in [7, 11) is 1.67. The van der Waals surface area contributed by atoms with Crippen molar-refractivity contribution in [3.8, 4) is 0 Å². The van der Waals surface area contributed by atoms with E-state index in [0.717, 1.165) is 11.5 Å². The van der Waals surface area contributed by atoms with E-state index in [1.165, 1.54) is 37.8 Å². The van der Waals surface area contributed by atoms with Crippen LogP contribution in [0.4, 0.5) is 5.69 Å². The molecule has 0 amide bonds. The van der Waals surface area contributed by atoms with Crippen molar-refractivity contribution in [3.63, 3.8) is 0 Å². The van der Waals surface area contributed by atoms with Gasteiger partial charge in [0.15, 0.2) is 5.96 Å². The van der Waals surface area contributed by atoms with Gasteiger partial charge in [-0.3, -0.25) is 10.1 Å². The first-order valence-electron chi connectivity index (χ1n) is 7.96. The summed E-state index contributed by atoms with van der Waals surface area (Å²) in [5, 5.41) is 17.4. The van der Waals surface area contributed by atoms with Crippen molar-refractivity contribution in [3.05, 3.63) is 39.9 Å². The Kier molecular flexibility index (Phi) is 6.80. The number of hydrogen-bond acceptors (Lipinski definition) is 4. The monoisotopic (exact) mass is 320 g/mol. The Morgan fingerprint density at radius 3 is 2.65 bits per heavy atom. The molecule has 0 aliphatic heterocycles. The smallest absolute Gasteiger partial charge is 0.269 e. The molecule has 1 fully saturated rings. The number of nitro benzene ring substituents is 1. The molecule has 0 spiro atoms. The summed E-state index contributed by atoms with van der Waals surface area (Å²) < 4.78 is 5.05. The van der Waals surface area contributed by atoms with Crippen molar-refractivity contribution in [2.24, 2.45) is 4.99 Å². The Hall–Kier alpha value is -2.15. The van der Waals surface area contributed by atoms with E-state index in [9.17, 15) is 10.1 Å². The zero-order chi connectivity index (χ0) is 16.5. The van der Waals surface area contributed by atoms with Crippen LogP contribution in [0.3, 0.4) is 0 Å². The first-order chi connectivity index (χ1) is 11.2. The Morgan fingerprint density at radius 1 is 1.35 bits per heavy atom. The number of benzene rings is 1. The van der Waals surface area contributed by atoms with E-state index >= 15 is 0 Å². The van der Waals surface area contributed by atoms with Crippen molar-refractivity contribution >= 4 is 11.6 Å². The van der Waals surface area contributed by atoms with Gasteiger partial charge in [-0.25, -0.2) is 4.99 Å². The number of rotatable bonds is 7. The van der Waals surface area contributed by atoms with Crippen LogP contribution in [0.5, 0.6) is 0 Å². The van der Waals surface area contributed by atoms with Gasteiger partial charge in [-0.15, -0.1) is 0 Å². The average Bonchev–Trinajstić information content (AvgIpc) is 3.06. The molecule has 0 saturated heterocycles. The highest BCUT2D eigenvalue weighted by Gasteiger charge is 2.16. The molecule has 7 heteroatoms. The number of nitro groups is 1. The van der Waals surface area contributed by atoms with Gasteiger partial charge >= 0.3 is 0 Å². The highest BCUT2D eigenvalue weighted by atomic mass is 16.6. The number of nitrogens with one attached hydrogen (secondary N) is 2. The first-order valence-corrected chi connectivity index (χ1v) is 7.96. The summed E-state index contributed by atoms with van der Waals surface area (Å²) in [5.41, 5.74) is 1.04. The Bertz CT molecular complexity index is 525. The molecule has 0 atom stereocenters. The van der Waals surface area contributed by atoms with Crippen molar-refractivity contribution in [2.45, 2.75) is 38.3 Å². The van der Waals surface area contributed by atoms with E-state index in [1.807, 2.05) is 0 Å². The SMILES string of the molecule is COCCNC(=NCc1ccc([N+](=O)[O-])cc1)NC1CCCC1. The number of hydrogen-bond donors (Lipinski definition) is 2. The molecule has 0 heterocycles. The lowest BCUT2D eigenvalue weighted by Crippen LogP contribution is -2.43. The molecule has 1 aliphatic carbocycles. The van der Waals surface area contributed by atoms with Gasteiger partial charge in [-0.05, 0) is 18.4 Å². The minimum atomic E-state index is -0.396. The molecule has 0 unspecified atom stereocenters. The fourth-order valence-corrected chi connectivity index (χ4v) is 2.58. The Labute approximate surface area is 136 Å². The summed E-state index contributed by atoms with van der Waals surface area (Å²) in [4.78, 5) is 14.8. The molecule has 23 heavy (non-hydrogen) atoms. The maximum atomic E-state index is 10.7. The van der Waals surface area contributed by atoms with E-state index < -0.39 is 4.92 Å². The number of nitrogens with zero attached hydrogens (tertiary/aromatic N) is 2. The van der Waals surface area contributed by atoms with Crippen LogP contribution in [0.15, 0.2) is 29.3 Å². The number of aliphatic imine (C=N–C) groups is 1. The number of methoxy groups -OCH3 is 1. The molecule has 1 aliphatic rings. The van der Waals surface area contributed by atoms with Crippen molar-refractivity contribution in [1.29, 1.82) is 0 Å². The quantitative estimate of drug-likeness (QED) is 0.264. The lowest BCUT2D eigenvalue weighted by molar-refractivity contribution is -0.384. The van der Waals surface area contributed by atoms with Crippen LogP contribution in [0.25, 0.3) is 0 Å². The molecular weight excluding hydrogens is 296 g/mol. The largest absolute Gasteiger partial charge is 0.383 e. The highest BCUT2D eigenvalue weighted by molar-refractivity contribution is 5.80. The highest BCUT2D eigenvalue weighted by Crippen LogP contribution is 2.17. The topological polar surface area (TPSA) is 88.8 Å². The Balaban J connectivity index is 1.94. The first kappa shape index (κ1) is 17.2. The second-order valence-electron chi connectivity index (χ2n) is 5.63. The minimum absolute atomic E-state index is 0.0975. The molecule has 0 radical (unpaired) electrons. The molecule has 0 aromatic heterocycles. The molecule has 0 bridgehead atoms. The normalized spacial score (nSPS) is 15.6. The fourth-order valence-electron chi connectivity index (χ4n) is 2.58. The third-order valence-electron chi connectivity index (χ3n) is 3.86. The number of guanidine groups is 1. The van der Waals surface area contributed by atoms with Crippen LogP contribution in [0.2, 0.25) is 0 Å². The van der Waals surface area contributed by atoms with E-state index in [0.29, 0.717) is 25.7 Å². The maximum Gasteiger partial charge on any atom is 0.269 e. The van der Waals surface area contributed by atoms with Crippen molar-refractivity contribution < 1.29 is 9.66 Å². The van der Waals surface area contributed by atoms with E-state index in [4.69, 9.17) is 4.74 Å². The van der Waals surface area contributed by atoms with Crippen LogP contribution in [0, 0.1) is 10.1 Å². The van der Waals surface area contributed by atoms with Gasteiger partial charge in [0.1, 0.15) is 0 Å². The second-order valence-corrected chi connectivity index (χ2v) is 5.63. The Morgan fingerprint density at radius 2 is 2.04 bits per heavy atom. The molecule has 7 nitrogen and oxygen atoms in total. The average molecular weight is 320 g/mol. The standard InChI is InChI=1S/C16H24N4O3/c1-23-11-10-17-16(19-14-4-2-3-5-14)18-12-13-6-8-15(9-7-13)20(21)22/h6-9,14H,2-5,10-12H2,1H3,(H2,17,18,19).